The molecule has 0 aliphatic heterocycles. The first-order valence-corrected chi connectivity index (χ1v) is 9.75. The number of H-pyrrole nitrogens is 1. The maximum absolute atomic E-state index is 12.8. The standard InChI is InChI=1S/C23H27N3O/c1-26(2)15-18-8-4-3-7-17(18)14-24-23(27)16-11-12-22-20(13-16)19-9-5-6-10-21(19)25-22/h3-4,7-8,11-13,25H,5-6,9-10,14-15H2,1-2H3,(H,24,27). The summed E-state index contributed by atoms with van der Waals surface area (Å²) in [5, 5.41) is 4.31. The van der Waals surface area contributed by atoms with Gasteiger partial charge in [0, 0.05) is 35.2 Å². The van der Waals surface area contributed by atoms with Gasteiger partial charge in [-0.05, 0) is 74.7 Å². The minimum absolute atomic E-state index is 0.0117. The quantitative estimate of drug-likeness (QED) is 0.720. The summed E-state index contributed by atoms with van der Waals surface area (Å²) >= 11 is 0. The van der Waals surface area contributed by atoms with Gasteiger partial charge in [-0.25, -0.2) is 0 Å². The van der Waals surface area contributed by atoms with Gasteiger partial charge in [0.1, 0.15) is 0 Å². The fourth-order valence-corrected chi connectivity index (χ4v) is 4.05. The third-order valence-corrected chi connectivity index (χ3v) is 5.40. The first kappa shape index (κ1) is 17.8. The van der Waals surface area contributed by atoms with E-state index in [9.17, 15) is 4.79 Å². The van der Waals surface area contributed by atoms with Gasteiger partial charge >= 0.3 is 0 Å². The predicted octanol–water partition coefficient (Wildman–Crippen LogP) is 4.04. The molecule has 4 rings (SSSR count). The second-order valence-corrected chi connectivity index (χ2v) is 7.74. The van der Waals surface area contributed by atoms with Crippen molar-refractivity contribution in [2.24, 2.45) is 0 Å². The summed E-state index contributed by atoms with van der Waals surface area (Å²) in [4.78, 5) is 18.4. The van der Waals surface area contributed by atoms with Crippen molar-refractivity contribution < 1.29 is 4.79 Å². The van der Waals surface area contributed by atoms with Crippen LogP contribution in [0, 0.1) is 0 Å². The fourth-order valence-electron chi connectivity index (χ4n) is 4.05. The maximum atomic E-state index is 12.8. The number of nitrogens with one attached hydrogen (secondary N) is 2. The zero-order chi connectivity index (χ0) is 18.8. The average molecular weight is 361 g/mol. The van der Waals surface area contributed by atoms with Crippen molar-refractivity contribution in [2.45, 2.75) is 38.8 Å². The second-order valence-electron chi connectivity index (χ2n) is 7.74. The van der Waals surface area contributed by atoms with Gasteiger partial charge in [0.25, 0.3) is 5.91 Å². The van der Waals surface area contributed by atoms with Crippen LogP contribution in [-0.2, 0) is 25.9 Å². The molecule has 0 saturated carbocycles. The number of hydrogen-bond donors (Lipinski definition) is 2. The lowest BCUT2D eigenvalue weighted by Gasteiger charge is -2.15. The third kappa shape index (κ3) is 3.76. The molecule has 2 N–H and O–H groups in total. The first-order chi connectivity index (χ1) is 13.1. The second kappa shape index (κ2) is 7.57. The molecule has 0 saturated heterocycles. The molecule has 1 aliphatic carbocycles. The van der Waals surface area contributed by atoms with E-state index in [-0.39, 0.29) is 5.91 Å². The Bertz CT molecular complexity index is 971. The monoisotopic (exact) mass is 361 g/mol. The molecule has 0 bridgehead atoms. The SMILES string of the molecule is CN(C)Cc1ccccc1CNC(=O)c1ccc2[nH]c3c(c2c1)CCCC3. The number of carbonyl (C=O) groups is 1. The molecule has 0 unspecified atom stereocenters. The number of aromatic nitrogens is 1. The van der Waals surface area contributed by atoms with Crippen LogP contribution in [0.5, 0.6) is 0 Å². The van der Waals surface area contributed by atoms with Crippen molar-refractivity contribution in [3.63, 3.8) is 0 Å². The van der Waals surface area contributed by atoms with E-state index in [0.717, 1.165) is 30.5 Å². The van der Waals surface area contributed by atoms with Crippen LogP contribution in [0.4, 0.5) is 0 Å². The predicted molar refractivity (Wildman–Crippen MR) is 110 cm³/mol. The minimum Gasteiger partial charge on any atom is -0.358 e. The van der Waals surface area contributed by atoms with E-state index in [2.05, 4.69) is 47.5 Å². The Balaban J connectivity index is 1.52. The molecule has 1 amide bonds. The molecule has 4 heteroatoms. The lowest BCUT2D eigenvalue weighted by atomic mass is 9.95. The molecule has 4 nitrogen and oxygen atoms in total. The third-order valence-electron chi connectivity index (χ3n) is 5.40. The van der Waals surface area contributed by atoms with Gasteiger partial charge in [-0.1, -0.05) is 24.3 Å². The van der Waals surface area contributed by atoms with Gasteiger partial charge in [0.2, 0.25) is 0 Å². The van der Waals surface area contributed by atoms with Gasteiger partial charge in [-0.3, -0.25) is 4.79 Å². The summed E-state index contributed by atoms with van der Waals surface area (Å²) in [6.45, 7) is 1.42. The highest BCUT2D eigenvalue weighted by Gasteiger charge is 2.17. The van der Waals surface area contributed by atoms with E-state index in [1.807, 2.05) is 24.3 Å². The Hall–Kier alpha value is -2.59. The van der Waals surface area contributed by atoms with Crippen molar-refractivity contribution in [1.29, 1.82) is 0 Å². The number of aromatic amines is 1. The summed E-state index contributed by atoms with van der Waals surface area (Å²) < 4.78 is 0. The van der Waals surface area contributed by atoms with Crippen LogP contribution in [0.2, 0.25) is 0 Å². The molecule has 27 heavy (non-hydrogen) atoms. The lowest BCUT2D eigenvalue weighted by Crippen LogP contribution is -2.24. The minimum atomic E-state index is -0.0117. The Morgan fingerprint density at radius 3 is 2.67 bits per heavy atom. The summed E-state index contributed by atoms with van der Waals surface area (Å²) in [7, 11) is 4.12. The van der Waals surface area contributed by atoms with Crippen molar-refractivity contribution in [2.75, 3.05) is 14.1 Å². The number of amides is 1. The van der Waals surface area contributed by atoms with Crippen LogP contribution < -0.4 is 5.32 Å². The number of nitrogens with zero attached hydrogens (tertiary/aromatic N) is 1. The molecule has 0 radical (unpaired) electrons. The van der Waals surface area contributed by atoms with E-state index in [0.29, 0.717) is 6.54 Å². The van der Waals surface area contributed by atoms with Crippen LogP contribution in [0.15, 0.2) is 42.5 Å². The highest BCUT2D eigenvalue weighted by Crippen LogP contribution is 2.29. The van der Waals surface area contributed by atoms with E-state index in [1.54, 1.807) is 0 Å². The van der Waals surface area contributed by atoms with E-state index in [1.165, 1.54) is 40.6 Å². The number of aryl methyl sites for hydroxylation is 2. The summed E-state index contributed by atoms with van der Waals surface area (Å²) in [5.41, 5.74) is 7.06. The molecule has 0 atom stereocenters. The van der Waals surface area contributed by atoms with Crippen LogP contribution >= 0.6 is 0 Å². The molecule has 1 aromatic heterocycles. The van der Waals surface area contributed by atoms with Crippen LogP contribution in [-0.4, -0.2) is 29.9 Å². The number of benzene rings is 2. The van der Waals surface area contributed by atoms with E-state index >= 15 is 0 Å². The summed E-state index contributed by atoms with van der Waals surface area (Å²) in [5.74, 6) is -0.0117. The molecule has 140 valence electrons. The molecule has 0 fully saturated rings. The number of rotatable bonds is 5. The molecule has 2 aromatic carbocycles. The summed E-state index contributed by atoms with van der Waals surface area (Å²) in [6.07, 6.45) is 4.71. The fraction of sp³-hybridized carbons (Fsp3) is 0.348. The Kier molecular flexibility index (Phi) is 4.99. The molecular formula is C23H27N3O. The highest BCUT2D eigenvalue weighted by atomic mass is 16.1. The lowest BCUT2D eigenvalue weighted by molar-refractivity contribution is 0.0951. The van der Waals surface area contributed by atoms with Gasteiger partial charge in [0.15, 0.2) is 0 Å². The number of hydrogen-bond acceptors (Lipinski definition) is 2. The number of carbonyl (C=O) groups excluding carboxylic acids is 1. The molecule has 1 heterocycles. The first-order valence-electron chi connectivity index (χ1n) is 9.75. The van der Waals surface area contributed by atoms with Crippen molar-refractivity contribution in [3.05, 3.63) is 70.4 Å². The van der Waals surface area contributed by atoms with Crippen molar-refractivity contribution >= 4 is 16.8 Å². The largest absolute Gasteiger partial charge is 0.358 e. The summed E-state index contributed by atoms with van der Waals surface area (Å²) in [6, 6.07) is 14.3. The van der Waals surface area contributed by atoms with Gasteiger partial charge in [-0.15, -0.1) is 0 Å². The Labute approximate surface area is 160 Å². The maximum Gasteiger partial charge on any atom is 0.251 e. The van der Waals surface area contributed by atoms with Crippen molar-refractivity contribution in [1.82, 2.24) is 15.2 Å². The van der Waals surface area contributed by atoms with Gasteiger partial charge in [-0.2, -0.15) is 0 Å². The molecule has 1 aliphatic rings. The Morgan fingerprint density at radius 1 is 1.07 bits per heavy atom. The van der Waals surface area contributed by atoms with Crippen LogP contribution in [0.3, 0.4) is 0 Å². The van der Waals surface area contributed by atoms with Gasteiger partial charge in [0.05, 0.1) is 0 Å². The zero-order valence-corrected chi connectivity index (χ0v) is 16.1. The van der Waals surface area contributed by atoms with Crippen molar-refractivity contribution in [3.8, 4) is 0 Å². The number of fused-ring (bicyclic) bond motifs is 3. The van der Waals surface area contributed by atoms with Crippen LogP contribution in [0.25, 0.3) is 10.9 Å². The molecular weight excluding hydrogens is 334 g/mol. The van der Waals surface area contributed by atoms with E-state index in [4.69, 9.17) is 0 Å². The van der Waals surface area contributed by atoms with E-state index < -0.39 is 0 Å². The molecule has 3 aromatic rings. The van der Waals surface area contributed by atoms with Gasteiger partial charge < -0.3 is 15.2 Å². The molecule has 0 spiro atoms. The average Bonchev–Trinajstić information content (AvgIpc) is 3.04. The Morgan fingerprint density at radius 2 is 1.85 bits per heavy atom. The zero-order valence-electron chi connectivity index (χ0n) is 16.1. The highest BCUT2D eigenvalue weighted by molar-refractivity contribution is 5.99. The normalized spacial score (nSPS) is 13.7. The topological polar surface area (TPSA) is 48.1 Å². The van der Waals surface area contributed by atoms with Crippen LogP contribution in [0.1, 0.15) is 45.6 Å². The smallest absolute Gasteiger partial charge is 0.251 e.